The SMILES string of the molecule is CC/C=C\C/C=C\C/C=C\C/C=C\C/C=C\CCCC(=O)OC[C@@H](COC(=O)CCCCCCC/C=C\CCCCCCCC)OC(=O)CCCCCCCCCCCCCCCCCC. The molecule has 380 valence electrons. The van der Waals surface area contributed by atoms with Gasteiger partial charge >= 0.3 is 17.9 Å². The van der Waals surface area contributed by atoms with Crippen LogP contribution >= 0.6 is 0 Å². The van der Waals surface area contributed by atoms with Gasteiger partial charge in [-0.3, -0.25) is 14.4 Å². The zero-order valence-corrected chi connectivity index (χ0v) is 43.4. The van der Waals surface area contributed by atoms with E-state index in [-0.39, 0.29) is 37.5 Å². The highest BCUT2D eigenvalue weighted by Crippen LogP contribution is 2.16. The minimum Gasteiger partial charge on any atom is -0.462 e. The molecule has 0 aromatic heterocycles. The Morgan fingerprint density at radius 1 is 0.318 bits per heavy atom. The largest absolute Gasteiger partial charge is 0.462 e. The second-order valence-corrected chi connectivity index (χ2v) is 18.5. The van der Waals surface area contributed by atoms with Gasteiger partial charge in [0, 0.05) is 19.3 Å². The van der Waals surface area contributed by atoms with Crippen molar-refractivity contribution in [2.75, 3.05) is 13.2 Å². The van der Waals surface area contributed by atoms with E-state index in [1.165, 1.54) is 141 Å². The third kappa shape index (κ3) is 51.8. The van der Waals surface area contributed by atoms with Gasteiger partial charge in [-0.2, -0.15) is 0 Å². The highest BCUT2D eigenvalue weighted by molar-refractivity contribution is 5.71. The maximum Gasteiger partial charge on any atom is 0.306 e. The van der Waals surface area contributed by atoms with Gasteiger partial charge in [0.1, 0.15) is 13.2 Å². The summed E-state index contributed by atoms with van der Waals surface area (Å²) in [6.07, 6.45) is 68.9. The van der Waals surface area contributed by atoms with Crippen LogP contribution in [0.25, 0.3) is 0 Å². The number of rotatable bonds is 50. The Kier molecular flexibility index (Phi) is 51.9. The molecule has 0 saturated carbocycles. The van der Waals surface area contributed by atoms with Crippen LogP contribution in [0.15, 0.2) is 72.9 Å². The molecule has 0 aromatic rings. The van der Waals surface area contributed by atoms with E-state index >= 15 is 0 Å². The molecular weight excluding hydrogens is 817 g/mol. The zero-order chi connectivity index (χ0) is 47.9. The molecule has 6 nitrogen and oxygen atoms in total. The summed E-state index contributed by atoms with van der Waals surface area (Å²) in [4.78, 5) is 38.1. The number of allylic oxidation sites excluding steroid dienone is 12. The molecule has 0 radical (unpaired) electrons. The number of carbonyl (C=O) groups excluding carboxylic acids is 3. The molecule has 0 unspecified atom stereocenters. The Morgan fingerprint density at radius 3 is 1.00 bits per heavy atom. The molecule has 0 saturated heterocycles. The third-order valence-corrected chi connectivity index (χ3v) is 11.9. The van der Waals surface area contributed by atoms with Crippen LogP contribution in [-0.2, 0) is 28.6 Å². The molecule has 0 N–H and O–H groups in total. The van der Waals surface area contributed by atoms with E-state index in [4.69, 9.17) is 14.2 Å². The highest BCUT2D eigenvalue weighted by Gasteiger charge is 2.19. The number of carbonyl (C=O) groups is 3. The number of ether oxygens (including phenoxy) is 3. The summed E-state index contributed by atoms with van der Waals surface area (Å²) in [7, 11) is 0. The first-order chi connectivity index (χ1) is 32.5. The van der Waals surface area contributed by atoms with Crippen molar-refractivity contribution in [1.82, 2.24) is 0 Å². The normalized spacial score (nSPS) is 12.6. The zero-order valence-electron chi connectivity index (χ0n) is 43.4. The highest BCUT2D eigenvalue weighted by atomic mass is 16.6. The van der Waals surface area contributed by atoms with E-state index < -0.39 is 6.10 Å². The molecule has 0 amide bonds. The van der Waals surface area contributed by atoms with Crippen LogP contribution in [0.1, 0.15) is 271 Å². The van der Waals surface area contributed by atoms with E-state index in [1.54, 1.807) is 0 Å². The number of esters is 3. The van der Waals surface area contributed by atoms with Crippen molar-refractivity contribution in [3.8, 4) is 0 Å². The first-order valence-corrected chi connectivity index (χ1v) is 27.9. The molecular formula is C60H104O6. The Morgan fingerprint density at radius 2 is 0.606 bits per heavy atom. The fraction of sp³-hybridized carbons (Fsp3) is 0.750. The molecule has 0 aliphatic heterocycles. The topological polar surface area (TPSA) is 78.9 Å². The first kappa shape index (κ1) is 62.8. The van der Waals surface area contributed by atoms with Crippen molar-refractivity contribution < 1.29 is 28.6 Å². The van der Waals surface area contributed by atoms with Crippen LogP contribution < -0.4 is 0 Å². The van der Waals surface area contributed by atoms with Crippen LogP contribution in [0.2, 0.25) is 0 Å². The fourth-order valence-electron chi connectivity index (χ4n) is 7.77. The van der Waals surface area contributed by atoms with E-state index in [0.29, 0.717) is 19.3 Å². The maximum atomic E-state index is 12.8. The molecule has 0 aromatic carbocycles. The lowest BCUT2D eigenvalue weighted by atomic mass is 10.0. The lowest BCUT2D eigenvalue weighted by molar-refractivity contribution is -0.167. The Hall–Kier alpha value is -3.15. The quantitative estimate of drug-likeness (QED) is 0.0262. The van der Waals surface area contributed by atoms with Gasteiger partial charge < -0.3 is 14.2 Å². The summed E-state index contributed by atoms with van der Waals surface area (Å²) in [6.45, 7) is 6.48. The molecule has 66 heavy (non-hydrogen) atoms. The van der Waals surface area contributed by atoms with Crippen LogP contribution in [-0.4, -0.2) is 37.2 Å². The smallest absolute Gasteiger partial charge is 0.306 e. The molecule has 0 spiro atoms. The monoisotopic (exact) mass is 921 g/mol. The summed E-state index contributed by atoms with van der Waals surface area (Å²) < 4.78 is 16.8. The predicted octanol–water partition coefficient (Wildman–Crippen LogP) is 18.6. The summed E-state index contributed by atoms with van der Waals surface area (Å²) in [5, 5.41) is 0. The van der Waals surface area contributed by atoms with Crippen LogP contribution in [0.4, 0.5) is 0 Å². The molecule has 1 atom stereocenters. The molecule has 0 heterocycles. The second kappa shape index (κ2) is 54.5. The second-order valence-electron chi connectivity index (χ2n) is 18.5. The average Bonchev–Trinajstić information content (AvgIpc) is 3.31. The van der Waals surface area contributed by atoms with Gasteiger partial charge in [0.2, 0.25) is 0 Å². The van der Waals surface area contributed by atoms with E-state index in [1.807, 2.05) is 0 Å². The predicted molar refractivity (Wildman–Crippen MR) is 284 cm³/mol. The Bertz CT molecular complexity index is 1240. The Labute approximate surface area is 408 Å². The lowest BCUT2D eigenvalue weighted by Gasteiger charge is -2.18. The standard InChI is InChI=1S/C60H104O6/c1-4-7-10-13-16-19-22-25-28-30-33-35-38-41-44-47-50-53-59(62)65-56-57(55-64-58(61)52-49-46-43-40-37-34-31-27-24-21-18-15-12-9-6-3)66-60(63)54-51-48-45-42-39-36-32-29-26-23-20-17-14-11-8-5-2/h7,10,16,19,25,27-28,31,33,35,41,44,57H,4-6,8-9,11-15,17-18,20-24,26,29-30,32,34,36-40,42-43,45-56H2,1-3H3/b10-7-,19-16-,28-25-,31-27-,35-33-,44-41-/t57-/m1/s1. The molecule has 0 fully saturated rings. The molecule has 0 bridgehead atoms. The van der Waals surface area contributed by atoms with E-state index in [9.17, 15) is 14.4 Å². The Balaban J connectivity index is 4.46. The minimum absolute atomic E-state index is 0.0953. The molecule has 0 aliphatic carbocycles. The lowest BCUT2D eigenvalue weighted by Crippen LogP contribution is -2.30. The summed E-state index contributed by atoms with van der Waals surface area (Å²) >= 11 is 0. The fourth-order valence-corrected chi connectivity index (χ4v) is 7.77. The van der Waals surface area contributed by atoms with Crippen molar-refractivity contribution in [2.24, 2.45) is 0 Å². The minimum atomic E-state index is -0.800. The van der Waals surface area contributed by atoms with Crippen LogP contribution in [0, 0.1) is 0 Å². The summed E-state index contributed by atoms with van der Waals surface area (Å²) in [6, 6.07) is 0. The van der Waals surface area contributed by atoms with Gasteiger partial charge in [-0.25, -0.2) is 0 Å². The van der Waals surface area contributed by atoms with E-state index in [2.05, 4.69) is 93.7 Å². The van der Waals surface area contributed by atoms with Crippen molar-refractivity contribution in [3.05, 3.63) is 72.9 Å². The summed E-state index contributed by atoms with van der Waals surface area (Å²) in [5.41, 5.74) is 0. The number of hydrogen-bond donors (Lipinski definition) is 0. The van der Waals surface area contributed by atoms with E-state index in [0.717, 1.165) is 83.5 Å². The van der Waals surface area contributed by atoms with Crippen molar-refractivity contribution in [1.29, 1.82) is 0 Å². The molecule has 0 aliphatic rings. The van der Waals surface area contributed by atoms with Gasteiger partial charge in [-0.1, -0.05) is 241 Å². The van der Waals surface area contributed by atoms with Crippen LogP contribution in [0.3, 0.4) is 0 Å². The number of unbranched alkanes of at least 4 members (excludes halogenated alkanes) is 27. The van der Waals surface area contributed by atoms with Gasteiger partial charge in [0.25, 0.3) is 0 Å². The van der Waals surface area contributed by atoms with Crippen molar-refractivity contribution in [2.45, 2.75) is 277 Å². The summed E-state index contributed by atoms with van der Waals surface area (Å²) in [5.74, 6) is -0.955. The van der Waals surface area contributed by atoms with Crippen molar-refractivity contribution in [3.63, 3.8) is 0 Å². The van der Waals surface area contributed by atoms with Crippen LogP contribution in [0.5, 0.6) is 0 Å². The number of hydrogen-bond acceptors (Lipinski definition) is 6. The molecule has 0 rings (SSSR count). The van der Waals surface area contributed by atoms with Gasteiger partial charge in [-0.15, -0.1) is 0 Å². The maximum absolute atomic E-state index is 12.8. The van der Waals surface area contributed by atoms with Gasteiger partial charge in [-0.05, 0) is 83.5 Å². The van der Waals surface area contributed by atoms with Gasteiger partial charge in [0.05, 0.1) is 0 Å². The molecule has 6 heteroatoms. The third-order valence-electron chi connectivity index (χ3n) is 11.9. The van der Waals surface area contributed by atoms with Crippen molar-refractivity contribution >= 4 is 17.9 Å². The van der Waals surface area contributed by atoms with Gasteiger partial charge in [0.15, 0.2) is 6.10 Å². The first-order valence-electron chi connectivity index (χ1n) is 27.9. The average molecular weight is 921 g/mol.